The molecular weight excluding hydrogens is 274 g/mol. The SMILES string of the molecule is CC(=O)c1ccc(Br)nc1Br. The van der Waals surface area contributed by atoms with Gasteiger partial charge in [-0.1, -0.05) is 0 Å². The fourth-order valence-corrected chi connectivity index (χ4v) is 1.82. The summed E-state index contributed by atoms with van der Waals surface area (Å²) in [6, 6.07) is 3.46. The van der Waals surface area contributed by atoms with Gasteiger partial charge in [0.1, 0.15) is 9.21 Å². The Morgan fingerprint density at radius 2 is 2.09 bits per heavy atom. The van der Waals surface area contributed by atoms with Crippen molar-refractivity contribution in [1.29, 1.82) is 0 Å². The van der Waals surface area contributed by atoms with E-state index >= 15 is 0 Å². The van der Waals surface area contributed by atoms with E-state index in [0.29, 0.717) is 10.2 Å². The van der Waals surface area contributed by atoms with Gasteiger partial charge in [0.25, 0.3) is 0 Å². The summed E-state index contributed by atoms with van der Waals surface area (Å²) < 4.78 is 1.30. The quantitative estimate of drug-likeness (QED) is 0.584. The zero-order chi connectivity index (χ0) is 8.43. The molecule has 0 aromatic carbocycles. The van der Waals surface area contributed by atoms with E-state index in [1.807, 2.05) is 0 Å². The number of carbonyl (C=O) groups excluding carboxylic acids is 1. The first-order valence-corrected chi connectivity index (χ1v) is 4.53. The Morgan fingerprint density at radius 1 is 1.45 bits per heavy atom. The molecule has 0 aliphatic heterocycles. The van der Waals surface area contributed by atoms with Crippen LogP contribution in [-0.4, -0.2) is 10.8 Å². The minimum Gasteiger partial charge on any atom is -0.294 e. The summed E-state index contributed by atoms with van der Waals surface area (Å²) in [5.41, 5.74) is 0.605. The number of aromatic nitrogens is 1. The van der Waals surface area contributed by atoms with Crippen molar-refractivity contribution in [1.82, 2.24) is 4.98 Å². The van der Waals surface area contributed by atoms with Crippen molar-refractivity contribution in [3.8, 4) is 0 Å². The van der Waals surface area contributed by atoms with Gasteiger partial charge in [0.05, 0.1) is 5.56 Å². The molecule has 0 bridgehead atoms. The van der Waals surface area contributed by atoms with Gasteiger partial charge in [0.15, 0.2) is 5.78 Å². The highest BCUT2D eigenvalue weighted by molar-refractivity contribution is 9.11. The van der Waals surface area contributed by atoms with Gasteiger partial charge in [0.2, 0.25) is 0 Å². The first kappa shape index (κ1) is 8.87. The molecule has 0 N–H and O–H groups in total. The number of hydrogen-bond acceptors (Lipinski definition) is 2. The number of pyridine rings is 1. The van der Waals surface area contributed by atoms with E-state index in [-0.39, 0.29) is 5.78 Å². The maximum atomic E-state index is 10.9. The van der Waals surface area contributed by atoms with Gasteiger partial charge in [-0.05, 0) is 50.9 Å². The minimum absolute atomic E-state index is 0.0110. The standard InChI is InChI=1S/C7H5Br2NO/c1-4(11)5-2-3-6(8)10-7(5)9/h2-3H,1H3. The second-order valence-electron chi connectivity index (χ2n) is 2.03. The molecule has 0 saturated heterocycles. The molecule has 1 aromatic rings. The molecule has 11 heavy (non-hydrogen) atoms. The minimum atomic E-state index is 0.0110. The van der Waals surface area contributed by atoms with Crippen LogP contribution in [0, 0.1) is 0 Å². The lowest BCUT2D eigenvalue weighted by Gasteiger charge is -1.97. The van der Waals surface area contributed by atoms with Crippen LogP contribution in [0.1, 0.15) is 17.3 Å². The summed E-state index contributed by atoms with van der Waals surface area (Å²) in [6.45, 7) is 1.51. The molecule has 0 aliphatic rings. The topological polar surface area (TPSA) is 30.0 Å². The number of rotatable bonds is 1. The van der Waals surface area contributed by atoms with E-state index in [1.54, 1.807) is 12.1 Å². The highest BCUT2D eigenvalue weighted by atomic mass is 79.9. The smallest absolute Gasteiger partial charge is 0.162 e. The van der Waals surface area contributed by atoms with Crippen LogP contribution in [0.5, 0.6) is 0 Å². The first-order chi connectivity index (χ1) is 5.11. The molecular formula is C7H5Br2NO. The predicted molar refractivity (Wildman–Crippen MR) is 49.6 cm³/mol. The molecule has 0 fully saturated rings. The summed E-state index contributed by atoms with van der Waals surface area (Å²) in [4.78, 5) is 14.9. The van der Waals surface area contributed by atoms with Crippen molar-refractivity contribution in [2.45, 2.75) is 6.92 Å². The van der Waals surface area contributed by atoms with Crippen molar-refractivity contribution in [2.75, 3.05) is 0 Å². The fraction of sp³-hybridized carbons (Fsp3) is 0.143. The Labute approximate surface area is 81.3 Å². The molecule has 2 nitrogen and oxygen atoms in total. The van der Waals surface area contributed by atoms with E-state index in [1.165, 1.54) is 6.92 Å². The third-order valence-corrected chi connectivity index (χ3v) is 2.24. The van der Waals surface area contributed by atoms with Gasteiger partial charge in [0, 0.05) is 0 Å². The molecule has 0 radical (unpaired) electrons. The van der Waals surface area contributed by atoms with Crippen molar-refractivity contribution in [2.24, 2.45) is 0 Å². The zero-order valence-corrected chi connectivity index (χ0v) is 8.94. The van der Waals surface area contributed by atoms with Crippen LogP contribution in [0.25, 0.3) is 0 Å². The monoisotopic (exact) mass is 277 g/mol. The molecule has 58 valence electrons. The Morgan fingerprint density at radius 3 is 2.55 bits per heavy atom. The highest BCUT2D eigenvalue weighted by Gasteiger charge is 2.05. The molecule has 0 aliphatic carbocycles. The van der Waals surface area contributed by atoms with Crippen LogP contribution < -0.4 is 0 Å². The second kappa shape index (κ2) is 3.45. The Bertz CT molecular complexity index is 298. The molecule has 1 rings (SSSR count). The largest absolute Gasteiger partial charge is 0.294 e. The van der Waals surface area contributed by atoms with Gasteiger partial charge < -0.3 is 0 Å². The molecule has 0 unspecified atom stereocenters. The number of carbonyl (C=O) groups is 1. The third-order valence-electron chi connectivity index (χ3n) is 1.19. The molecule has 0 saturated carbocycles. The van der Waals surface area contributed by atoms with Gasteiger partial charge in [-0.25, -0.2) is 4.98 Å². The Balaban J connectivity index is 3.20. The number of hydrogen-bond donors (Lipinski definition) is 0. The van der Waals surface area contributed by atoms with E-state index in [4.69, 9.17) is 0 Å². The lowest BCUT2D eigenvalue weighted by molar-refractivity contribution is 0.101. The summed E-state index contributed by atoms with van der Waals surface area (Å²) in [6.07, 6.45) is 0. The van der Waals surface area contributed by atoms with Gasteiger partial charge in [-0.3, -0.25) is 4.79 Å². The molecule has 1 heterocycles. The second-order valence-corrected chi connectivity index (χ2v) is 3.59. The average Bonchev–Trinajstić information content (AvgIpc) is 1.85. The third kappa shape index (κ3) is 2.10. The number of ketones is 1. The van der Waals surface area contributed by atoms with Crippen LogP contribution >= 0.6 is 31.9 Å². The van der Waals surface area contributed by atoms with Crippen molar-refractivity contribution in [3.63, 3.8) is 0 Å². The predicted octanol–water partition coefficient (Wildman–Crippen LogP) is 2.81. The number of halogens is 2. The average molecular weight is 279 g/mol. The van der Waals surface area contributed by atoms with Gasteiger partial charge >= 0.3 is 0 Å². The van der Waals surface area contributed by atoms with Crippen molar-refractivity contribution in [3.05, 3.63) is 26.9 Å². The maximum absolute atomic E-state index is 10.9. The highest BCUT2D eigenvalue weighted by Crippen LogP contribution is 2.17. The van der Waals surface area contributed by atoms with E-state index in [0.717, 1.165) is 4.60 Å². The summed E-state index contributed by atoms with van der Waals surface area (Å²) in [5, 5.41) is 0. The van der Waals surface area contributed by atoms with Crippen LogP contribution in [0.2, 0.25) is 0 Å². The molecule has 0 amide bonds. The molecule has 0 spiro atoms. The fourth-order valence-electron chi connectivity index (χ4n) is 0.675. The van der Waals surface area contributed by atoms with Crippen LogP contribution in [0.4, 0.5) is 0 Å². The Hall–Kier alpha value is -0.220. The van der Waals surface area contributed by atoms with Gasteiger partial charge in [-0.2, -0.15) is 0 Å². The lowest BCUT2D eigenvalue weighted by Crippen LogP contribution is -1.95. The van der Waals surface area contributed by atoms with Crippen LogP contribution in [0.15, 0.2) is 21.3 Å². The first-order valence-electron chi connectivity index (χ1n) is 2.94. The lowest BCUT2D eigenvalue weighted by atomic mass is 10.2. The zero-order valence-electron chi connectivity index (χ0n) is 5.77. The van der Waals surface area contributed by atoms with Crippen molar-refractivity contribution >= 4 is 37.6 Å². The van der Waals surface area contributed by atoms with E-state index < -0.39 is 0 Å². The van der Waals surface area contributed by atoms with Gasteiger partial charge in [-0.15, -0.1) is 0 Å². The summed E-state index contributed by atoms with van der Waals surface area (Å²) in [7, 11) is 0. The molecule has 1 aromatic heterocycles. The molecule has 4 heteroatoms. The maximum Gasteiger partial charge on any atom is 0.162 e. The number of nitrogens with zero attached hydrogens (tertiary/aromatic N) is 1. The van der Waals surface area contributed by atoms with Crippen LogP contribution in [0.3, 0.4) is 0 Å². The van der Waals surface area contributed by atoms with E-state index in [2.05, 4.69) is 36.8 Å². The van der Waals surface area contributed by atoms with Crippen molar-refractivity contribution < 1.29 is 4.79 Å². The number of Topliss-reactive ketones (excluding diaryl/α,β-unsaturated/α-hetero) is 1. The summed E-state index contributed by atoms with van der Waals surface area (Å²) >= 11 is 6.38. The van der Waals surface area contributed by atoms with Crippen LogP contribution in [-0.2, 0) is 0 Å². The summed E-state index contributed by atoms with van der Waals surface area (Å²) in [5.74, 6) is 0.0110. The Kier molecular flexibility index (Phi) is 2.78. The molecule has 0 atom stereocenters. The normalized spacial score (nSPS) is 9.73. The van der Waals surface area contributed by atoms with E-state index in [9.17, 15) is 4.79 Å².